The van der Waals surface area contributed by atoms with E-state index in [1.54, 1.807) is 0 Å². The Labute approximate surface area is 132 Å². The van der Waals surface area contributed by atoms with E-state index in [2.05, 4.69) is 53.5 Å². The van der Waals surface area contributed by atoms with Gasteiger partial charge in [0.2, 0.25) is 5.95 Å². The minimum absolute atomic E-state index is 0.908. The molecule has 2 aromatic heterocycles. The summed E-state index contributed by atoms with van der Waals surface area (Å²) in [6.07, 6.45) is 4.92. The Morgan fingerprint density at radius 3 is 3.00 bits per heavy atom. The van der Waals surface area contributed by atoms with E-state index in [9.17, 15) is 0 Å². The Morgan fingerprint density at radius 1 is 1.38 bits per heavy atom. The summed E-state index contributed by atoms with van der Waals surface area (Å²) in [5.41, 5.74) is 2.04. The van der Waals surface area contributed by atoms with Crippen LogP contribution in [0.1, 0.15) is 12.2 Å². The third-order valence-corrected chi connectivity index (χ3v) is 4.10. The molecule has 0 aliphatic carbocycles. The zero-order chi connectivity index (χ0) is 14.8. The molecule has 2 heterocycles. The molecule has 0 radical (unpaired) electrons. The first-order chi connectivity index (χ1) is 10.1. The minimum atomic E-state index is 0.908. The molecule has 0 bridgehead atoms. The number of hydrogen-bond acceptors (Lipinski definition) is 3. The lowest BCUT2D eigenvalue weighted by Crippen LogP contribution is -2.21. The molecule has 1 aromatic carbocycles. The van der Waals surface area contributed by atoms with E-state index in [0.29, 0.717) is 0 Å². The molecule has 5 nitrogen and oxygen atoms in total. The van der Waals surface area contributed by atoms with Crippen LogP contribution in [0.15, 0.2) is 35.1 Å². The zero-order valence-electron chi connectivity index (χ0n) is 12.2. The SMILES string of the molecule is Cc1nccn1CCCN(C)c1nc2ccc(Br)cc2[nH]1. The van der Waals surface area contributed by atoms with Gasteiger partial charge in [0.15, 0.2) is 0 Å². The van der Waals surface area contributed by atoms with Crippen LogP contribution in [0.2, 0.25) is 0 Å². The lowest BCUT2D eigenvalue weighted by molar-refractivity contribution is 0.620. The number of halogens is 1. The molecule has 21 heavy (non-hydrogen) atoms. The topological polar surface area (TPSA) is 49.7 Å². The monoisotopic (exact) mass is 347 g/mol. The van der Waals surface area contributed by atoms with Gasteiger partial charge in [0.25, 0.3) is 0 Å². The predicted octanol–water partition coefficient (Wildman–Crippen LogP) is 3.36. The number of anilines is 1. The predicted molar refractivity (Wildman–Crippen MR) is 88.6 cm³/mol. The largest absolute Gasteiger partial charge is 0.345 e. The summed E-state index contributed by atoms with van der Waals surface area (Å²) in [6.45, 7) is 3.95. The highest BCUT2D eigenvalue weighted by Gasteiger charge is 2.07. The van der Waals surface area contributed by atoms with Crippen molar-refractivity contribution in [3.63, 3.8) is 0 Å². The van der Waals surface area contributed by atoms with Crippen LogP contribution in [0.4, 0.5) is 5.95 Å². The normalized spacial score (nSPS) is 11.2. The highest BCUT2D eigenvalue weighted by Crippen LogP contribution is 2.20. The number of rotatable bonds is 5. The molecule has 6 heteroatoms. The van der Waals surface area contributed by atoms with Gasteiger partial charge in [-0.05, 0) is 31.5 Å². The second-order valence-corrected chi connectivity index (χ2v) is 6.08. The third kappa shape index (κ3) is 3.10. The van der Waals surface area contributed by atoms with Crippen molar-refractivity contribution in [2.45, 2.75) is 19.9 Å². The van der Waals surface area contributed by atoms with E-state index in [0.717, 1.165) is 46.8 Å². The fraction of sp³-hybridized carbons (Fsp3) is 0.333. The average molecular weight is 348 g/mol. The number of aromatic amines is 1. The molecule has 0 aliphatic rings. The minimum Gasteiger partial charge on any atom is -0.345 e. The van der Waals surface area contributed by atoms with E-state index in [-0.39, 0.29) is 0 Å². The Hall–Kier alpha value is -1.82. The Balaban J connectivity index is 1.64. The van der Waals surface area contributed by atoms with Gasteiger partial charge in [-0.15, -0.1) is 0 Å². The Morgan fingerprint density at radius 2 is 2.24 bits per heavy atom. The van der Waals surface area contributed by atoms with Crippen LogP contribution in [0, 0.1) is 6.92 Å². The number of aryl methyl sites for hydroxylation is 2. The molecule has 3 aromatic rings. The van der Waals surface area contributed by atoms with Crippen LogP contribution >= 0.6 is 15.9 Å². The molecular formula is C15H18BrN5. The fourth-order valence-corrected chi connectivity index (χ4v) is 2.73. The molecule has 0 fully saturated rings. The molecule has 0 atom stereocenters. The molecule has 0 aliphatic heterocycles. The number of hydrogen-bond donors (Lipinski definition) is 1. The summed E-state index contributed by atoms with van der Waals surface area (Å²) in [7, 11) is 2.06. The molecule has 3 rings (SSSR count). The van der Waals surface area contributed by atoms with Gasteiger partial charge >= 0.3 is 0 Å². The first-order valence-corrected chi connectivity index (χ1v) is 7.77. The summed E-state index contributed by atoms with van der Waals surface area (Å²) in [5, 5.41) is 0. The molecule has 0 spiro atoms. The second kappa shape index (κ2) is 5.89. The number of fused-ring (bicyclic) bond motifs is 1. The van der Waals surface area contributed by atoms with Gasteiger partial charge in [0, 0.05) is 37.0 Å². The van der Waals surface area contributed by atoms with Gasteiger partial charge in [0.1, 0.15) is 5.82 Å². The van der Waals surface area contributed by atoms with Gasteiger partial charge < -0.3 is 14.5 Å². The molecule has 110 valence electrons. The summed E-state index contributed by atoms with van der Waals surface area (Å²) in [5.74, 6) is 1.97. The van der Waals surface area contributed by atoms with Crippen molar-refractivity contribution in [3.8, 4) is 0 Å². The summed E-state index contributed by atoms with van der Waals surface area (Å²) >= 11 is 3.48. The van der Waals surface area contributed by atoms with Crippen molar-refractivity contribution >= 4 is 32.9 Å². The number of H-pyrrole nitrogens is 1. The lowest BCUT2D eigenvalue weighted by atomic mass is 10.3. The average Bonchev–Trinajstić information content (AvgIpc) is 3.05. The molecule has 0 saturated carbocycles. The Kier molecular flexibility index (Phi) is 3.96. The van der Waals surface area contributed by atoms with Crippen molar-refractivity contribution < 1.29 is 0 Å². The number of imidazole rings is 2. The molecular weight excluding hydrogens is 330 g/mol. The maximum atomic E-state index is 4.62. The van der Waals surface area contributed by atoms with Gasteiger partial charge in [-0.2, -0.15) is 0 Å². The van der Waals surface area contributed by atoms with Gasteiger partial charge in [-0.1, -0.05) is 15.9 Å². The van der Waals surface area contributed by atoms with Crippen LogP contribution in [-0.4, -0.2) is 33.1 Å². The van der Waals surface area contributed by atoms with Gasteiger partial charge in [0.05, 0.1) is 11.0 Å². The summed E-state index contributed by atoms with van der Waals surface area (Å²) < 4.78 is 3.23. The first-order valence-electron chi connectivity index (χ1n) is 6.97. The zero-order valence-corrected chi connectivity index (χ0v) is 13.8. The number of nitrogens with zero attached hydrogens (tertiary/aromatic N) is 4. The van der Waals surface area contributed by atoms with Crippen molar-refractivity contribution in [2.75, 3.05) is 18.5 Å². The maximum Gasteiger partial charge on any atom is 0.203 e. The Bertz CT molecular complexity index is 745. The van der Waals surface area contributed by atoms with E-state index < -0.39 is 0 Å². The number of aromatic nitrogens is 4. The van der Waals surface area contributed by atoms with E-state index in [1.165, 1.54) is 0 Å². The summed E-state index contributed by atoms with van der Waals surface area (Å²) in [4.78, 5) is 14.4. The molecule has 0 saturated heterocycles. The fourth-order valence-electron chi connectivity index (χ4n) is 2.37. The van der Waals surface area contributed by atoms with Crippen LogP contribution in [0.25, 0.3) is 11.0 Å². The molecule has 0 amide bonds. The van der Waals surface area contributed by atoms with Crippen molar-refractivity contribution in [2.24, 2.45) is 0 Å². The number of nitrogens with one attached hydrogen (secondary N) is 1. The first kappa shape index (κ1) is 14.1. The number of benzene rings is 1. The summed E-state index contributed by atoms with van der Waals surface area (Å²) in [6, 6.07) is 6.07. The lowest BCUT2D eigenvalue weighted by Gasteiger charge is -2.16. The third-order valence-electron chi connectivity index (χ3n) is 3.61. The smallest absolute Gasteiger partial charge is 0.203 e. The maximum absolute atomic E-state index is 4.62. The van der Waals surface area contributed by atoms with Crippen LogP contribution in [0.5, 0.6) is 0 Å². The van der Waals surface area contributed by atoms with Crippen molar-refractivity contribution in [1.29, 1.82) is 0 Å². The molecule has 0 unspecified atom stereocenters. The van der Waals surface area contributed by atoms with Gasteiger partial charge in [-0.3, -0.25) is 0 Å². The van der Waals surface area contributed by atoms with Crippen molar-refractivity contribution in [3.05, 3.63) is 40.9 Å². The van der Waals surface area contributed by atoms with Crippen LogP contribution in [-0.2, 0) is 6.54 Å². The van der Waals surface area contributed by atoms with Crippen molar-refractivity contribution in [1.82, 2.24) is 19.5 Å². The highest BCUT2D eigenvalue weighted by atomic mass is 79.9. The van der Waals surface area contributed by atoms with Gasteiger partial charge in [-0.25, -0.2) is 9.97 Å². The highest BCUT2D eigenvalue weighted by molar-refractivity contribution is 9.10. The standard InChI is InChI=1S/C15H18BrN5/c1-11-17-6-9-21(11)8-3-7-20(2)15-18-13-5-4-12(16)10-14(13)19-15/h4-6,9-10H,3,7-8H2,1-2H3,(H,18,19). The molecule has 1 N–H and O–H groups in total. The van der Waals surface area contributed by atoms with E-state index in [1.807, 2.05) is 31.5 Å². The van der Waals surface area contributed by atoms with E-state index >= 15 is 0 Å². The van der Waals surface area contributed by atoms with E-state index in [4.69, 9.17) is 0 Å². The van der Waals surface area contributed by atoms with Crippen LogP contribution in [0.3, 0.4) is 0 Å². The quantitative estimate of drug-likeness (QED) is 0.769. The second-order valence-electron chi connectivity index (χ2n) is 5.16. The van der Waals surface area contributed by atoms with Crippen LogP contribution < -0.4 is 4.90 Å².